The quantitative estimate of drug-likeness (QED) is 0.742. The number of aromatic nitrogens is 2. The summed E-state index contributed by atoms with van der Waals surface area (Å²) >= 11 is 0. The van der Waals surface area contributed by atoms with Crippen LogP contribution >= 0.6 is 0 Å². The maximum Gasteiger partial charge on any atom is 0.309 e. The van der Waals surface area contributed by atoms with E-state index in [1.165, 1.54) is 7.11 Å². The SMILES string of the molecule is COC(=O)Cc1ccc(Nc2nn(C3CCCCC3C#N)cc2C(N)=O)cc1. The van der Waals surface area contributed by atoms with Crippen LogP contribution in [-0.2, 0) is 16.0 Å². The van der Waals surface area contributed by atoms with Gasteiger partial charge in [-0.3, -0.25) is 14.3 Å². The van der Waals surface area contributed by atoms with E-state index in [2.05, 4.69) is 21.2 Å². The molecule has 1 aromatic heterocycles. The van der Waals surface area contributed by atoms with Crippen LogP contribution in [0.3, 0.4) is 0 Å². The molecule has 0 radical (unpaired) electrons. The predicted molar refractivity (Wildman–Crippen MR) is 103 cm³/mol. The number of methoxy groups -OCH3 is 1. The van der Waals surface area contributed by atoms with E-state index in [9.17, 15) is 14.9 Å². The van der Waals surface area contributed by atoms with Crippen molar-refractivity contribution < 1.29 is 14.3 Å². The van der Waals surface area contributed by atoms with Crippen molar-refractivity contribution in [1.29, 1.82) is 5.26 Å². The summed E-state index contributed by atoms with van der Waals surface area (Å²) in [7, 11) is 1.35. The molecule has 1 amide bonds. The summed E-state index contributed by atoms with van der Waals surface area (Å²) in [5.74, 6) is -0.661. The summed E-state index contributed by atoms with van der Waals surface area (Å²) in [6, 6.07) is 9.47. The Kier molecular flexibility index (Phi) is 5.94. The number of amides is 1. The number of benzene rings is 1. The summed E-state index contributed by atoms with van der Waals surface area (Å²) < 4.78 is 6.35. The van der Waals surface area contributed by atoms with Gasteiger partial charge in [-0.15, -0.1) is 0 Å². The third-order valence-electron chi connectivity index (χ3n) is 5.03. The minimum atomic E-state index is -0.583. The van der Waals surface area contributed by atoms with Gasteiger partial charge in [0.25, 0.3) is 5.91 Å². The average Bonchev–Trinajstić information content (AvgIpc) is 3.13. The number of nitrogens with zero attached hydrogens (tertiary/aromatic N) is 3. The minimum absolute atomic E-state index is 0.0603. The molecule has 0 aliphatic heterocycles. The molecule has 1 aliphatic carbocycles. The summed E-state index contributed by atoms with van der Waals surface area (Å²) in [5, 5.41) is 17.0. The van der Waals surface area contributed by atoms with Crippen LogP contribution < -0.4 is 11.1 Å². The topological polar surface area (TPSA) is 123 Å². The second-order valence-electron chi connectivity index (χ2n) is 6.90. The van der Waals surface area contributed by atoms with Crippen LogP contribution in [0.1, 0.15) is 47.6 Å². The van der Waals surface area contributed by atoms with Gasteiger partial charge >= 0.3 is 5.97 Å². The number of esters is 1. The fourth-order valence-corrected chi connectivity index (χ4v) is 3.49. The van der Waals surface area contributed by atoms with E-state index in [-0.39, 0.29) is 29.9 Å². The average molecular weight is 381 g/mol. The van der Waals surface area contributed by atoms with Gasteiger partial charge in [0.2, 0.25) is 0 Å². The van der Waals surface area contributed by atoms with Gasteiger partial charge in [0.15, 0.2) is 5.82 Å². The number of hydrogen-bond donors (Lipinski definition) is 2. The molecular weight excluding hydrogens is 358 g/mol. The number of ether oxygens (including phenoxy) is 1. The van der Waals surface area contributed by atoms with Crippen molar-refractivity contribution in [2.24, 2.45) is 11.7 Å². The Bertz CT molecular complexity index is 898. The van der Waals surface area contributed by atoms with Crippen molar-refractivity contribution in [3.8, 4) is 6.07 Å². The highest BCUT2D eigenvalue weighted by atomic mass is 16.5. The van der Waals surface area contributed by atoms with Gasteiger partial charge < -0.3 is 15.8 Å². The molecule has 0 bridgehead atoms. The molecule has 3 N–H and O–H groups in total. The summed E-state index contributed by atoms with van der Waals surface area (Å²) in [6.45, 7) is 0. The number of nitrogens with two attached hydrogens (primary N) is 1. The first-order valence-electron chi connectivity index (χ1n) is 9.23. The van der Waals surface area contributed by atoms with Gasteiger partial charge in [-0.2, -0.15) is 10.4 Å². The Morgan fingerprint density at radius 2 is 2.04 bits per heavy atom. The molecule has 1 aliphatic rings. The molecule has 0 saturated heterocycles. The van der Waals surface area contributed by atoms with Crippen molar-refractivity contribution >= 4 is 23.4 Å². The predicted octanol–water partition coefficient (Wildman–Crippen LogP) is 2.70. The second-order valence-corrected chi connectivity index (χ2v) is 6.90. The van der Waals surface area contributed by atoms with Crippen LogP contribution in [0.5, 0.6) is 0 Å². The van der Waals surface area contributed by atoms with Gasteiger partial charge in [-0.05, 0) is 30.5 Å². The fourth-order valence-electron chi connectivity index (χ4n) is 3.49. The first-order chi connectivity index (χ1) is 13.5. The van der Waals surface area contributed by atoms with Crippen LogP contribution in [-0.4, -0.2) is 28.8 Å². The van der Waals surface area contributed by atoms with E-state index in [0.29, 0.717) is 11.5 Å². The van der Waals surface area contributed by atoms with Crippen molar-refractivity contribution in [2.75, 3.05) is 12.4 Å². The highest BCUT2D eigenvalue weighted by molar-refractivity contribution is 5.98. The van der Waals surface area contributed by atoms with Gasteiger partial charge in [0, 0.05) is 11.9 Å². The first-order valence-corrected chi connectivity index (χ1v) is 9.23. The zero-order valence-electron chi connectivity index (χ0n) is 15.7. The Labute approximate surface area is 163 Å². The summed E-state index contributed by atoms with van der Waals surface area (Å²) in [5.41, 5.74) is 7.33. The minimum Gasteiger partial charge on any atom is -0.469 e. The Morgan fingerprint density at radius 1 is 1.32 bits per heavy atom. The van der Waals surface area contributed by atoms with E-state index in [1.54, 1.807) is 35.1 Å². The molecule has 1 aromatic carbocycles. The molecule has 28 heavy (non-hydrogen) atoms. The number of nitriles is 1. The number of anilines is 2. The first kappa shape index (κ1) is 19.4. The van der Waals surface area contributed by atoms with E-state index >= 15 is 0 Å². The van der Waals surface area contributed by atoms with E-state index in [1.807, 2.05) is 0 Å². The van der Waals surface area contributed by atoms with Gasteiger partial charge in [0.05, 0.1) is 31.6 Å². The van der Waals surface area contributed by atoms with Crippen LogP contribution in [0.15, 0.2) is 30.5 Å². The number of rotatable bonds is 6. The highest BCUT2D eigenvalue weighted by Crippen LogP contribution is 2.34. The van der Waals surface area contributed by atoms with Crippen LogP contribution in [0.4, 0.5) is 11.5 Å². The molecule has 146 valence electrons. The maximum absolute atomic E-state index is 11.9. The molecular formula is C20H23N5O3. The fraction of sp³-hybridized carbons (Fsp3) is 0.400. The lowest BCUT2D eigenvalue weighted by atomic mass is 9.85. The molecule has 3 rings (SSSR count). The van der Waals surface area contributed by atoms with E-state index in [0.717, 1.165) is 31.2 Å². The lowest BCUT2D eigenvalue weighted by molar-refractivity contribution is -0.139. The Balaban J connectivity index is 1.81. The van der Waals surface area contributed by atoms with Crippen LogP contribution in [0.2, 0.25) is 0 Å². The molecule has 8 heteroatoms. The van der Waals surface area contributed by atoms with Crippen molar-refractivity contribution in [1.82, 2.24) is 9.78 Å². The molecule has 8 nitrogen and oxygen atoms in total. The molecule has 1 fully saturated rings. The highest BCUT2D eigenvalue weighted by Gasteiger charge is 2.28. The van der Waals surface area contributed by atoms with Crippen LogP contribution in [0, 0.1) is 17.2 Å². The summed E-state index contributed by atoms with van der Waals surface area (Å²) in [4.78, 5) is 23.2. The number of nitrogens with one attached hydrogen (secondary N) is 1. The molecule has 2 atom stereocenters. The van der Waals surface area contributed by atoms with Crippen molar-refractivity contribution in [3.63, 3.8) is 0 Å². The number of primary amides is 1. The lowest BCUT2D eigenvalue weighted by Gasteiger charge is -2.26. The zero-order chi connectivity index (χ0) is 20.1. The third kappa shape index (κ3) is 4.31. The largest absolute Gasteiger partial charge is 0.469 e. The Morgan fingerprint density at radius 3 is 2.68 bits per heavy atom. The smallest absolute Gasteiger partial charge is 0.309 e. The van der Waals surface area contributed by atoms with Crippen molar-refractivity contribution in [2.45, 2.75) is 38.1 Å². The molecule has 1 heterocycles. The number of carbonyl (C=O) groups is 2. The normalized spacial score (nSPS) is 18.9. The van der Waals surface area contributed by atoms with Gasteiger partial charge in [-0.25, -0.2) is 0 Å². The monoisotopic (exact) mass is 381 g/mol. The van der Waals surface area contributed by atoms with Gasteiger partial charge in [-0.1, -0.05) is 25.0 Å². The van der Waals surface area contributed by atoms with E-state index < -0.39 is 5.91 Å². The second kappa shape index (κ2) is 8.57. The molecule has 0 spiro atoms. The lowest BCUT2D eigenvalue weighted by Crippen LogP contribution is -2.22. The van der Waals surface area contributed by atoms with Crippen molar-refractivity contribution in [3.05, 3.63) is 41.6 Å². The number of hydrogen-bond acceptors (Lipinski definition) is 6. The van der Waals surface area contributed by atoms with E-state index in [4.69, 9.17) is 5.73 Å². The molecule has 2 aromatic rings. The standard InChI is InChI=1S/C20H23N5O3/c1-28-18(26)10-13-6-8-15(9-7-13)23-20-16(19(22)27)12-25(24-20)17-5-3-2-4-14(17)11-21/h6-9,12,14,17H,2-5,10H2,1H3,(H2,22,27)(H,23,24). The maximum atomic E-state index is 11.9. The zero-order valence-corrected chi connectivity index (χ0v) is 15.7. The third-order valence-corrected chi connectivity index (χ3v) is 5.03. The van der Waals surface area contributed by atoms with Crippen LogP contribution in [0.25, 0.3) is 0 Å². The summed E-state index contributed by atoms with van der Waals surface area (Å²) in [6.07, 6.45) is 5.55. The molecule has 1 saturated carbocycles. The number of carbonyl (C=O) groups excluding carboxylic acids is 2. The van der Waals surface area contributed by atoms with Gasteiger partial charge in [0.1, 0.15) is 5.56 Å². The Hall–Kier alpha value is -3.34. The molecule has 2 unspecified atom stereocenters.